The van der Waals surface area contributed by atoms with Crippen LogP contribution in [0, 0.1) is 13.8 Å². The lowest BCUT2D eigenvalue weighted by molar-refractivity contribution is 0.823. The fourth-order valence-electron chi connectivity index (χ4n) is 3.34. The van der Waals surface area contributed by atoms with E-state index in [0.29, 0.717) is 5.92 Å². The van der Waals surface area contributed by atoms with Gasteiger partial charge in [-0.3, -0.25) is 0 Å². The molecule has 0 aliphatic rings. The highest BCUT2D eigenvalue weighted by atomic mass is 35.5. The minimum atomic E-state index is 0.308. The summed E-state index contributed by atoms with van der Waals surface area (Å²) < 4.78 is 0. The second-order valence-electron chi connectivity index (χ2n) is 6.98. The first-order valence-electron chi connectivity index (χ1n) is 9.11. The second-order valence-corrected chi connectivity index (χ2v) is 7.39. The first-order valence-corrected chi connectivity index (χ1v) is 9.49. The molecule has 0 aromatic heterocycles. The Hall–Kier alpha value is -2.09. The maximum absolute atomic E-state index is 6.38. The van der Waals surface area contributed by atoms with E-state index in [9.17, 15) is 0 Å². The SMILES string of the molecule is CNCc1ccc(/C=C/C(C)c2cc(C)c(C)c(Cl)c2)c2ccccc12. The fourth-order valence-corrected chi connectivity index (χ4v) is 3.61. The summed E-state index contributed by atoms with van der Waals surface area (Å²) in [5.74, 6) is 0.308. The van der Waals surface area contributed by atoms with Gasteiger partial charge in [0.1, 0.15) is 0 Å². The van der Waals surface area contributed by atoms with Crippen molar-refractivity contribution in [2.45, 2.75) is 33.2 Å². The zero-order valence-electron chi connectivity index (χ0n) is 15.9. The summed E-state index contributed by atoms with van der Waals surface area (Å²) in [7, 11) is 1.99. The monoisotopic (exact) mass is 363 g/mol. The summed E-state index contributed by atoms with van der Waals surface area (Å²) in [5, 5.41) is 6.71. The summed E-state index contributed by atoms with van der Waals surface area (Å²) >= 11 is 6.38. The van der Waals surface area contributed by atoms with E-state index >= 15 is 0 Å². The molecule has 0 aliphatic heterocycles. The smallest absolute Gasteiger partial charge is 0.0440 e. The summed E-state index contributed by atoms with van der Waals surface area (Å²) in [6, 6.07) is 17.4. The van der Waals surface area contributed by atoms with Gasteiger partial charge >= 0.3 is 0 Å². The molecule has 0 heterocycles. The number of hydrogen-bond donors (Lipinski definition) is 1. The molecule has 0 aliphatic carbocycles. The summed E-state index contributed by atoms with van der Waals surface area (Å²) in [6.45, 7) is 7.28. The topological polar surface area (TPSA) is 12.0 Å². The van der Waals surface area contributed by atoms with E-state index in [-0.39, 0.29) is 0 Å². The van der Waals surface area contributed by atoms with Gasteiger partial charge in [0.2, 0.25) is 0 Å². The summed E-state index contributed by atoms with van der Waals surface area (Å²) in [5.41, 5.74) is 6.24. The average molecular weight is 364 g/mol. The molecule has 1 nitrogen and oxygen atoms in total. The molecule has 26 heavy (non-hydrogen) atoms. The standard InChI is InChI=1S/C24H26ClN/c1-16(21-13-17(2)18(3)24(25)14-21)9-10-19-11-12-20(15-26-4)23-8-6-5-7-22(19)23/h5-14,16,26H,15H2,1-4H3/b10-9+. The summed E-state index contributed by atoms with van der Waals surface area (Å²) in [6.07, 6.45) is 4.50. The highest BCUT2D eigenvalue weighted by molar-refractivity contribution is 6.31. The molecule has 1 N–H and O–H groups in total. The van der Waals surface area contributed by atoms with E-state index in [4.69, 9.17) is 11.6 Å². The van der Waals surface area contributed by atoms with E-state index in [1.54, 1.807) is 0 Å². The first-order chi connectivity index (χ1) is 12.5. The number of fused-ring (bicyclic) bond motifs is 1. The molecule has 3 aromatic rings. The molecule has 3 aromatic carbocycles. The minimum absolute atomic E-state index is 0.308. The Morgan fingerprint density at radius 2 is 1.77 bits per heavy atom. The molecule has 0 amide bonds. The van der Waals surface area contributed by atoms with Crippen LogP contribution in [0.4, 0.5) is 0 Å². The van der Waals surface area contributed by atoms with Gasteiger partial charge in [-0.1, -0.05) is 73.1 Å². The Morgan fingerprint density at radius 1 is 1.04 bits per heavy atom. The number of aryl methyl sites for hydroxylation is 1. The molecule has 134 valence electrons. The van der Waals surface area contributed by atoms with Gasteiger partial charge in [0.25, 0.3) is 0 Å². The van der Waals surface area contributed by atoms with Gasteiger partial charge in [-0.25, -0.2) is 0 Å². The van der Waals surface area contributed by atoms with Crippen LogP contribution >= 0.6 is 11.6 Å². The van der Waals surface area contributed by atoms with Crippen LogP contribution in [0.2, 0.25) is 5.02 Å². The largest absolute Gasteiger partial charge is 0.316 e. The van der Waals surface area contributed by atoms with Crippen LogP contribution in [0.3, 0.4) is 0 Å². The molecule has 3 rings (SSSR count). The molecule has 0 saturated heterocycles. The number of nitrogens with one attached hydrogen (secondary N) is 1. The number of benzene rings is 3. The van der Waals surface area contributed by atoms with Gasteiger partial charge in [-0.15, -0.1) is 0 Å². The molecule has 0 saturated carbocycles. The Kier molecular flexibility index (Phi) is 5.80. The van der Waals surface area contributed by atoms with Crippen LogP contribution < -0.4 is 5.32 Å². The number of rotatable bonds is 5. The Bertz CT molecular complexity index is 933. The van der Waals surface area contributed by atoms with Crippen molar-refractivity contribution in [3.05, 3.63) is 87.4 Å². The molecular weight excluding hydrogens is 338 g/mol. The maximum atomic E-state index is 6.38. The number of halogens is 1. The van der Waals surface area contributed by atoms with Crippen molar-refractivity contribution in [1.82, 2.24) is 5.32 Å². The first kappa shape index (κ1) is 18.7. The van der Waals surface area contributed by atoms with E-state index in [1.165, 1.54) is 33.0 Å². The Morgan fingerprint density at radius 3 is 2.46 bits per heavy atom. The average Bonchev–Trinajstić information content (AvgIpc) is 2.65. The van der Waals surface area contributed by atoms with Crippen molar-refractivity contribution in [1.29, 1.82) is 0 Å². The van der Waals surface area contributed by atoms with Gasteiger partial charge in [0.05, 0.1) is 0 Å². The van der Waals surface area contributed by atoms with Gasteiger partial charge in [-0.2, -0.15) is 0 Å². The van der Waals surface area contributed by atoms with Gasteiger partial charge in [0.15, 0.2) is 0 Å². The third kappa shape index (κ3) is 3.85. The van der Waals surface area contributed by atoms with Crippen molar-refractivity contribution in [2.24, 2.45) is 0 Å². The van der Waals surface area contributed by atoms with E-state index in [0.717, 1.165) is 17.1 Å². The predicted molar refractivity (Wildman–Crippen MR) is 115 cm³/mol. The van der Waals surface area contributed by atoms with Gasteiger partial charge < -0.3 is 5.32 Å². The van der Waals surface area contributed by atoms with Crippen LogP contribution in [0.1, 0.15) is 40.7 Å². The summed E-state index contributed by atoms with van der Waals surface area (Å²) in [4.78, 5) is 0. The molecule has 1 unspecified atom stereocenters. The third-order valence-corrected chi connectivity index (χ3v) is 5.52. The van der Waals surface area contributed by atoms with Crippen molar-refractivity contribution in [3.63, 3.8) is 0 Å². The normalized spacial score (nSPS) is 12.8. The van der Waals surface area contributed by atoms with E-state index in [2.05, 4.69) is 86.8 Å². The van der Waals surface area contributed by atoms with Crippen LogP contribution in [-0.2, 0) is 6.54 Å². The Balaban J connectivity index is 1.95. The number of hydrogen-bond acceptors (Lipinski definition) is 1. The van der Waals surface area contributed by atoms with Gasteiger partial charge in [0, 0.05) is 11.6 Å². The highest BCUT2D eigenvalue weighted by Gasteiger charge is 2.08. The maximum Gasteiger partial charge on any atom is 0.0440 e. The van der Waals surface area contributed by atoms with E-state index in [1.807, 2.05) is 7.05 Å². The molecule has 0 radical (unpaired) electrons. The molecule has 0 spiro atoms. The zero-order chi connectivity index (χ0) is 18.7. The van der Waals surface area contributed by atoms with Crippen LogP contribution in [0.25, 0.3) is 16.8 Å². The molecule has 2 heteroatoms. The van der Waals surface area contributed by atoms with Crippen molar-refractivity contribution in [3.8, 4) is 0 Å². The molecule has 1 atom stereocenters. The molecule has 0 fully saturated rings. The highest BCUT2D eigenvalue weighted by Crippen LogP contribution is 2.28. The second kappa shape index (κ2) is 8.07. The molecule has 0 bridgehead atoms. The van der Waals surface area contributed by atoms with Crippen molar-refractivity contribution >= 4 is 28.4 Å². The van der Waals surface area contributed by atoms with Crippen molar-refractivity contribution < 1.29 is 0 Å². The van der Waals surface area contributed by atoms with Gasteiger partial charge in [-0.05, 0) is 71.5 Å². The quantitative estimate of drug-likeness (QED) is 0.535. The zero-order valence-corrected chi connectivity index (χ0v) is 16.7. The van der Waals surface area contributed by atoms with Crippen LogP contribution in [0.15, 0.2) is 54.6 Å². The lowest BCUT2D eigenvalue weighted by Crippen LogP contribution is -2.05. The minimum Gasteiger partial charge on any atom is -0.316 e. The molecular formula is C24H26ClN. The Labute approximate surface area is 161 Å². The van der Waals surface area contributed by atoms with Crippen LogP contribution in [0.5, 0.6) is 0 Å². The lowest BCUT2D eigenvalue weighted by atomic mass is 9.94. The fraction of sp³-hybridized carbons (Fsp3) is 0.250. The lowest BCUT2D eigenvalue weighted by Gasteiger charge is -2.12. The predicted octanol–water partition coefficient (Wildman–Crippen LogP) is 6.65. The van der Waals surface area contributed by atoms with E-state index < -0.39 is 0 Å². The number of allylic oxidation sites excluding steroid dienone is 1. The van der Waals surface area contributed by atoms with Crippen molar-refractivity contribution in [2.75, 3.05) is 7.05 Å². The van der Waals surface area contributed by atoms with Crippen LogP contribution in [-0.4, -0.2) is 7.05 Å². The third-order valence-electron chi connectivity index (χ3n) is 5.13.